The molecule has 0 aromatic heterocycles. The van der Waals surface area contributed by atoms with Crippen molar-refractivity contribution in [2.45, 2.75) is 238 Å². The lowest BCUT2D eigenvalue weighted by atomic mass is 9.85. The largest absolute Gasteiger partial charge is 0.466 e. The van der Waals surface area contributed by atoms with E-state index < -0.39 is 5.60 Å². The van der Waals surface area contributed by atoms with Crippen LogP contribution < -0.4 is 0 Å². The molecule has 0 heterocycles. The van der Waals surface area contributed by atoms with Gasteiger partial charge >= 0.3 is 5.97 Å². The van der Waals surface area contributed by atoms with E-state index in [1.165, 1.54) is 161 Å². The summed E-state index contributed by atoms with van der Waals surface area (Å²) >= 11 is 0. The molecular weight excluding hydrogens is 516 g/mol. The third-order valence-electron chi connectivity index (χ3n) is 9.28. The molecule has 0 spiro atoms. The minimum atomic E-state index is -0.596. The quantitative estimate of drug-likeness (QED) is 0.0586. The molecule has 0 saturated carbocycles. The Bertz CT molecular complexity index is 534. The number of ether oxygens (including phenoxy) is 1. The molecule has 0 aromatic carbocycles. The molecule has 0 aliphatic rings. The van der Waals surface area contributed by atoms with Gasteiger partial charge in [-0.15, -0.1) is 0 Å². The van der Waals surface area contributed by atoms with Crippen LogP contribution in [0, 0.1) is 0 Å². The predicted octanol–water partition coefficient (Wildman–Crippen LogP) is 13.2. The Kier molecular flexibility index (Phi) is 32.9. The number of rotatable bonds is 35. The molecule has 1 unspecified atom stereocenters. The third kappa shape index (κ3) is 30.9. The Balaban J connectivity index is 3.93. The SMILES string of the molecule is CCCCCCCCCCCCCCCOC(=O)CCCC(O)(CCCCCCC)CCCCCCCCCCCC. The summed E-state index contributed by atoms with van der Waals surface area (Å²) in [4.78, 5) is 12.3. The summed E-state index contributed by atoms with van der Waals surface area (Å²) < 4.78 is 5.53. The summed E-state index contributed by atoms with van der Waals surface area (Å²) in [7, 11) is 0. The van der Waals surface area contributed by atoms with Gasteiger partial charge < -0.3 is 9.84 Å². The second-order valence-electron chi connectivity index (χ2n) is 13.6. The van der Waals surface area contributed by atoms with Crippen LogP contribution in [0.15, 0.2) is 0 Å². The first-order valence-electron chi connectivity index (χ1n) is 19.5. The molecule has 1 N–H and O–H groups in total. The third-order valence-corrected chi connectivity index (χ3v) is 9.28. The molecule has 252 valence electrons. The summed E-state index contributed by atoms with van der Waals surface area (Å²) in [5.41, 5.74) is -0.596. The summed E-state index contributed by atoms with van der Waals surface area (Å²) in [6, 6.07) is 0. The van der Waals surface area contributed by atoms with Crippen LogP contribution in [-0.4, -0.2) is 23.3 Å². The zero-order valence-corrected chi connectivity index (χ0v) is 29.3. The molecule has 0 rings (SSSR count). The van der Waals surface area contributed by atoms with Gasteiger partial charge in [-0.3, -0.25) is 4.79 Å². The van der Waals surface area contributed by atoms with Gasteiger partial charge in [-0.25, -0.2) is 0 Å². The molecule has 0 bridgehead atoms. The number of hydrogen-bond acceptors (Lipinski definition) is 3. The molecule has 0 fully saturated rings. The first-order chi connectivity index (χ1) is 20.6. The van der Waals surface area contributed by atoms with Crippen molar-refractivity contribution in [2.24, 2.45) is 0 Å². The highest BCUT2D eigenvalue weighted by molar-refractivity contribution is 5.69. The van der Waals surface area contributed by atoms with E-state index in [0.717, 1.165) is 44.9 Å². The molecule has 0 aliphatic heterocycles. The van der Waals surface area contributed by atoms with Crippen LogP contribution in [0.2, 0.25) is 0 Å². The number of carbonyl (C=O) groups is 1. The molecule has 1 atom stereocenters. The minimum Gasteiger partial charge on any atom is -0.466 e. The molecule has 3 nitrogen and oxygen atoms in total. The van der Waals surface area contributed by atoms with Gasteiger partial charge in [0.05, 0.1) is 12.2 Å². The maximum atomic E-state index is 12.3. The topological polar surface area (TPSA) is 46.5 Å². The monoisotopic (exact) mass is 595 g/mol. The van der Waals surface area contributed by atoms with E-state index >= 15 is 0 Å². The predicted molar refractivity (Wildman–Crippen MR) is 185 cm³/mol. The molecule has 0 radical (unpaired) electrons. The van der Waals surface area contributed by atoms with Gasteiger partial charge in [0.25, 0.3) is 0 Å². The number of hydrogen-bond donors (Lipinski definition) is 1. The minimum absolute atomic E-state index is 0.0711. The van der Waals surface area contributed by atoms with Crippen molar-refractivity contribution in [1.29, 1.82) is 0 Å². The van der Waals surface area contributed by atoms with Crippen LogP contribution in [-0.2, 0) is 9.53 Å². The molecule has 0 aromatic rings. The number of esters is 1. The number of unbranched alkanes of at least 4 members (excludes halogenated alkanes) is 25. The van der Waals surface area contributed by atoms with Gasteiger partial charge in [0.15, 0.2) is 0 Å². The van der Waals surface area contributed by atoms with Crippen molar-refractivity contribution in [3.8, 4) is 0 Å². The average Bonchev–Trinajstić information content (AvgIpc) is 2.98. The normalized spacial score (nSPS) is 13.0. The summed E-state index contributed by atoms with van der Waals surface area (Å²) in [6.07, 6.45) is 40.4. The average molecular weight is 595 g/mol. The van der Waals surface area contributed by atoms with Gasteiger partial charge in [-0.1, -0.05) is 194 Å². The molecule has 42 heavy (non-hydrogen) atoms. The van der Waals surface area contributed by atoms with Crippen molar-refractivity contribution in [3.63, 3.8) is 0 Å². The zero-order valence-electron chi connectivity index (χ0n) is 29.3. The zero-order chi connectivity index (χ0) is 30.8. The highest BCUT2D eigenvalue weighted by Gasteiger charge is 2.25. The fourth-order valence-electron chi connectivity index (χ4n) is 6.31. The van der Waals surface area contributed by atoms with Crippen molar-refractivity contribution in [1.82, 2.24) is 0 Å². The molecule has 0 saturated heterocycles. The van der Waals surface area contributed by atoms with Crippen molar-refractivity contribution in [3.05, 3.63) is 0 Å². The van der Waals surface area contributed by atoms with E-state index in [1.54, 1.807) is 0 Å². The Morgan fingerprint density at radius 3 is 1.07 bits per heavy atom. The molecule has 0 amide bonds. The van der Waals surface area contributed by atoms with Crippen LogP contribution in [0.4, 0.5) is 0 Å². The Labute approximate surface area is 265 Å². The fraction of sp³-hybridized carbons (Fsp3) is 0.974. The summed E-state index contributed by atoms with van der Waals surface area (Å²) in [6.45, 7) is 7.37. The highest BCUT2D eigenvalue weighted by atomic mass is 16.5. The van der Waals surface area contributed by atoms with Gasteiger partial charge in [-0.2, -0.15) is 0 Å². The van der Waals surface area contributed by atoms with Crippen LogP contribution in [0.5, 0.6) is 0 Å². The van der Waals surface area contributed by atoms with E-state index in [2.05, 4.69) is 20.8 Å². The first kappa shape index (κ1) is 41.4. The van der Waals surface area contributed by atoms with E-state index in [9.17, 15) is 9.90 Å². The Morgan fingerprint density at radius 1 is 0.429 bits per heavy atom. The Hall–Kier alpha value is -0.570. The maximum absolute atomic E-state index is 12.3. The van der Waals surface area contributed by atoms with E-state index in [4.69, 9.17) is 4.74 Å². The van der Waals surface area contributed by atoms with Crippen LogP contribution >= 0.6 is 0 Å². The number of aliphatic hydroxyl groups is 1. The van der Waals surface area contributed by atoms with Crippen molar-refractivity contribution >= 4 is 5.97 Å². The smallest absolute Gasteiger partial charge is 0.305 e. The molecule has 0 aliphatic carbocycles. The van der Waals surface area contributed by atoms with E-state index in [-0.39, 0.29) is 5.97 Å². The van der Waals surface area contributed by atoms with E-state index in [0.29, 0.717) is 13.0 Å². The first-order valence-corrected chi connectivity index (χ1v) is 19.5. The number of carbonyl (C=O) groups excluding carboxylic acids is 1. The van der Waals surface area contributed by atoms with Gasteiger partial charge in [0.2, 0.25) is 0 Å². The maximum Gasteiger partial charge on any atom is 0.305 e. The summed E-state index contributed by atoms with van der Waals surface area (Å²) in [5.74, 6) is -0.0711. The van der Waals surface area contributed by atoms with E-state index in [1.807, 2.05) is 0 Å². The van der Waals surface area contributed by atoms with Gasteiger partial charge in [-0.05, 0) is 32.1 Å². The van der Waals surface area contributed by atoms with Crippen molar-refractivity contribution in [2.75, 3.05) is 6.61 Å². The molecular formula is C39H78O3. The lowest BCUT2D eigenvalue weighted by Crippen LogP contribution is -2.29. The van der Waals surface area contributed by atoms with Crippen LogP contribution in [0.25, 0.3) is 0 Å². The van der Waals surface area contributed by atoms with Gasteiger partial charge in [0, 0.05) is 6.42 Å². The fourth-order valence-corrected chi connectivity index (χ4v) is 6.31. The highest BCUT2D eigenvalue weighted by Crippen LogP contribution is 2.29. The van der Waals surface area contributed by atoms with Gasteiger partial charge in [0.1, 0.15) is 0 Å². The lowest BCUT2D eigenvalue weighted by Gasteiger charge is -2.28. The van der Waals surface area contributed by atoms with Crippen molar-refractivity contribution < 1.29 is 14.6 Å². The van der Waals surface area contributed by atoms with Crippen LogP contribution in [0.1, 0.15) is 233 Å². The Morgan fingerprint density at radius 2 is 0.714 bits per heavy atom. The lowest BCUT2D eigenvalue weighted by molar-refractivity contribution is -0.144. The summed E-state index contributed by atoms with van der Waals surface area (Å²) in [5, 5.41) is 11.5. The molecule has 3 heteroatoms. The standard InChI is InChI=1S/C39H78O3/c1-4-7-10-13-15-17-19-20-21-23-25-28-31-37-42-38(40)33-32-36-39(41,34-29-26-12-9-6-3)35-30-27-24-22-18-16-14-11-8-5-2/h41H,4-37H2,1-3H3. The second-order valence-corrected chi connectivity index (χ2v) is 13.6. The van der Waals surface area contributed by atoms with Crippen LogP contribution in [0.3, 0.4) is 0 Å². The second kappa shape index (κ2) is 33.3.